The maximum atomic E-state index is 13.5. The monoisotopic (exact) mass is 291 g/mol. The van der Waals surface area contributed by atoms with Gasteiger partial charge in [-0.1, -0.05) is 13.0 Å². The zero-order valence-electron chi connectivity index (χ0n) is 11.5. The number of pyridine rings is 1. The van der Waals surface area contributed by atoms with Crippen LogP contribution in [0.3, 0.4) is 0 Å². The second-order valence-electron chi connectivity index (χ2n) is 4.41. The fourth-order valence-corrected chi connectivity index (χ4v) is 1.72. The number of nitrogens with one attached hydrogen (secondary N) is 2. The Kier molecular flexibility index (Phi) is 4.81. The quantitative estimate of drug-likeness (QED) is 0.887. The molecule has 0 aliphatic heterocycles. The standard InChI is InChI=1S/C15H15F2N3O/c1-2-7-18-10-6-8-19-13(9-10)15(21)20-12-5-3-4-11(16)14(12)17/h3-6,8-9H,2,7H2,1H3,(H,18,19)(H,20,21). The molecule has 4 nitrogen and oxygen atoms in total. The van der Waals surface area contributed by atoms with Gasteiger partial charge in [-0.2, -0.15) is 0 Å². The number of nitrogens with zero attached hydrogens (tertiary/aromatic N) is 1. The molecule has 0 radical (unpaired) electrons. The molecule has 0 atom stereocenters. The minimum Gasteiger partial charge on any atom is -0.385 e. The van der Waals surface area contributed by atoms with Crippen molar-refractivity contribution in [2.45, 2.75) is 13.3 Å². The summed E-state index contributed by atoms with van der Waals surface area (Å²) in [6, 6.07) is 6.88. The van der Waals surface area contributed by atoms with Crippen LogP contribution < -0.4 is 10.6 Å². The van der Waals surface area contributed by atoms with E-state index < -0.39 is 17.5 Å². The molecule has 2 N–H and O–H groups in total. The number of amides is 1. The first kappa shape index (κ1) is 14.9. The van der Waals surface area contributed by atoms with Gasteiger partial charge in [0.15, 0.2) is 11.6 Å². The Morgan fingerprint density at radius 1 is 1.29 bits per heavy atom. The molecule has 0 spiro atoms. The number of carbonyl (C=O) groups is 1. The summed E-state index contributed by atoms with van der Waals surface area (Å²) in [7, 11) is 0. The summed E-state index contributed by atoms with van der Waals surface area (Å²) in [4.78, 5) is 15.9. The van der Waals surface area contributed by atoms with E-state index in [1.165, 1.54) is 18.3 Å². The third-order valence-corrected chi connectivity index (χ3v) is 2.77. The first-order chi connectivity index (χ1) is 10.1. The molecule has 0 bridgehead atoms. The first-order valence-electron chi connectivity index (χ1n) is 6.57. The van der Waals surface area contributed by atoms with E-state index in [4.69, 9.17) is 0 Å². The van der Waals surface area contributed by atoms with Gasteiger partial charge < -0.3 is 10.6 Å². The molecule has 0 aliphatic rings. The van der Waals surface area contributed by atoms with Crippen LogP contribution in [0.25, 0.3) is 0 Å². The Labute approximate surface area is 121 Å². The lowest BCUT2D eigenvalue weighted by Gasteiger charge is -2.08. The van der Waals surface area contributed by atoms with E-state index in [2.05, 4.69) is 15.6 Å². The summed E-state index contributed by atoms with van der Waals surface area (Å²) in [5, 5.41) is 5.43. The fourth-order valence-electron chi connectivity index (χ4n) is 1.72. The lowest BCUT2D eigenvalue weighted by Crippen LogP contribution is -2.15. The molecule has 2 aromatic rings. The summed E-state index contributed by atoms with van der Waals surface area (Å²) in [5.41, 5.74) is 0.658. The molecule has 2 rings (SSSR count). The number of hydrogen-bond donors (Lipinski definition) is 2. The van der Waals surface area contributed by atoms with Crippen molar-refractivity contribution in [3.63, 3.8) is 0 Å². The Balaban J connectivity index is 2.15. The van der Waals surface area contributed by atoms with Gasteiger partial charge in [0.2, 0.25) is 0 Å². The van der Waals surface area contributed by atoms with Crippen LogP contribution in [-0.4, -0.2) is 17.4 Å². The van der Waals surface area contributed by atoms with E-state index >= 15 is 0 Å². The van der Waals surface area contributed by atoms with Crippen LogP contribution in [0.4, 0.5) is 20.2 Å². The van der Waals surface area contributed by atoms with E-state index in [0.29, 0.717) is 0 Å². The largest absolute Gasteiger partial charge is 0.385 e. The number of anilines is 2. The lowest BCUT2D eigenvalue weighted by atomic mass is 10.2. The zero-order chi connectivity index (χ0) is 15.2. The number of hydrogen-bond acceptors (Lipinski definition) is 3. The van der Waals surface area contributed by atoms with E-state index in [-0.39, 0.29) is 11.4 Å². The van der Waals surface area contributed by atoms with E-state index in [1.807, 2.05) is 6.92 Å². The summed E-state index contributed by atoms with van der Waals surface area (Å²) in [6.45, 7) is 2.79. The maximum absolute atomic E-state index is 13.5. The number of halogens is 2. The molecule has 0 fully saturated rings. The van der Waals surface area contributed by atoms with Gasteiger partial charge in [-0.15, -0.1) is 0 Å². The molecule has 0 saturated carbocycles. The van der Waals surface area contributed by atoms with Gasteiger partial charge in [0.25, 0.3) is 5.91 Å². The Morgan fingerprint density at radius 3 is 2.86 bits per heavy atom. The van der Waals surface area contributed by atoms with Crippen molar-refractivity contribution in [3.8, 4) is 0 Å². The summed E-state index contributed by atoms with van der Waals surface area (Å²) in [5.74, 6) is -2.70. The van der Waals surface area contributed by atoms with Gasteiger partial charge >= 0.3 is 0 Å². The third kappa shape index (κ3) is 3.75. The van der Waals surface area contributed by atoms with Gasteiger partial charge in [-0.3, -0.25) is 9.78 Å². The third-order valence-electron chi connectivity index (χ3n) is 2.77. The number of carbonyl (C=O) groups excluding carboxylic acids is 1. The molecule has 1 amide bonds. The number of rotatable bonds is 5. The summed E-state index contributed by atoms with van der Waals surface area (Å²) in [6.07, 6.45) is 2.42. The van der Waals surface area contributed by atoms with Crippen LogP contribution in [0.2, 0.25) is 0 Å². The summed E-state index contributed by atoms with van der Waals surface area (Å²) < 4.78 is 26.6. The number of benzene rings is 1. The first-order valence-corrected chi connectivity index (χ1v) is 6.57. The van der Waals surface area contributed by atoms with Crippen molar-refractivity contribution in [2.75, 3.05) is 17.2 Å². The average Bonchev–Trinajstić information content (AvgIpc) is 2.50. The molecule has 1 aromatic heterocycles. The molecule has 6 heteroatoms. The highest BCUT2D eigenvalue weighted by molar-refractivity contribution is 6.03. The Morgan fingerprint density at radius 2 is 2.10 bits per heavy atom. The zero-order valence-corrected chi connectivity index (χ0v) is 11.5. The smallest absolute Gasteiger partial charge is 0.274 e. The lowest BCUT2D eigenvalue weighted by molar-refractivity contribution is 0.102. The van der Waals surface area contributed by atoms with Crippen molar-refractivity contribution in [1.29, 1.82) is 0 Å². The van der Waals surface area contributed by atoms with Crippen molar-refractivity contribution in [2.24, 2.45) is 0 Å². The van der Waals surface area contributed by atoms with Gasteiger partial charge in [0.05, 0.1) is 5.69 Å². The minimum atomic E-state index is -1.09. The van der Waals surface area contributed by atoms with Crippen LogP contribution in [-0.2, 0) is 0 Å². The van der Waals surface area contributed by atoms with Gasteiger partial charge in [-0.25, -0.2) is 8.78 Å². The molecular weight excluding hydrogens is 276 g/mol. The van der Waals surface area contributed by atoms with Crippen molar-refractivity contribution >= 4 is 17.3 Å². The highest BCUT2D eigenvalue weighted by Crippen LogP contribution is 2.17. The van der Waals surface area contributed by atoms with E-state index in [1.54, 1.807) is 12.1 Å². The second-order valence-corrected chi connectivity index (χ2v) is 4.41. The van der Waals surface area contributed by atoms with Gasteiger partial charge in [0, 0.05) is 18.4 Å². The molecule has 21 heavy (non-hydrogen) atoms. The van der Waals surface area contributed by atoms with E-state index in [9.17, 15) is 13.6 Å². The molecule has 0 unspecified atom stereocenters. The van der Waals surface area contributed by atoms with Crippen LogP contribution in [0.15, 0.2) is 36.5 Å². The molecule has 1 heterocycles. The SMILES string of the molecule is CCCNc1ccnc(C(=O)Nc2cccc(F)c2F)c1. The normalized spacial score (nSPS) is 10.2. The van der Waals surface area contributed by atoms with Gasteiger partial charge in [-0.05, 0) is 30.7 Å². The minimum absolute atomic E-state index is 0.125. The van der Waals surface area contributed by atoms with E-state index in [0.717, 1.165) is 24.7 Å². The fraction of sp³-hybridized carbons (Fsp3) is 0.200. The predicted octanol–water partition coefficient (Wildman–Crippen LogP) is 3.43. The maximum Gasteiger partial charge on any atom is 0.274 e. The topological polar surface area (TPSA) is 54.0 Å². The van der Waals surface area contributed by atoms with Crippen molar-refractivity contribution < 1.29 is 13.6 Å². The van der Waals surface area contributed by atoms with Crippen LogP contribution in [0.5, 0.6) is 0 Å². The second kappa shape index (κ2) is 6.78. The molecule has 0 aliphatic carbocycles. The van der Waals surface area contributed by atoms with Crippen molar-refractivity contribution in [3.05, 3.63) is 53.9 Å². The Hall–Kier alpha value is -2.50. The highest BCUT2D eigenvalue weighted by atomic mass is 19.2. The molecule has 110 valence electrons. The average molecular weight is 291 g/mol. The molecular formula is C15H15F2N3O. The summed E-state index contributed by atoms with van der Waals surface area (Å²) >= 11 is 0. The Bertz CT molecular complexity index is 647. The van der Waals surface area contributed by atoms with Gasteiger partial charge in [0.1, 0.15) is 5.69 Å². The van der Waals surface area contributed by atoms with Crippen LogP contribution in [0.1, 0.15) is 23.8 Å². The molecule has 0 saturated heterocycles. The molecule has 1 aromatic carbocycles. The number of aromatic nitrogens is 1. The van der Waals surface area contributed by atoms with Crippen LogP contribution in [0, 0.1) is 11.6 Å². The highest BCUT2D eigenvalue weighted by Gasteiger charge is 2.13. The van der Waals surface area contributed by atoms with Crippen LogP contribution >= 0.6 is 0 Å². The van der Waals surface area contributed by atoms with Crippen molar-refractivity contribution in [1.82, 2.24) is 4.98 Å². The predicted molar refractivity (Wildman–Crippen MR) is 77.3 cm³/mol.